The van der Waals surface area contributed by atoms with Gasteiger partial charge in [-0.2, -0.15) is 0 Å². The third-order valence-corrected chi connectivity index (χ3v) is 5.03. The fraction of sp³-hybridized carbons (Fsp3) is 0. The Morgan fingerprint density at radius 1 is 0.818 bits per heavy atom. The molecule has 1 aromatic heterocycles. The topological polar surface area (TPSA) is 83.8 Å². The molecule has 0 spiro atoms. The van der Waals surface area contributed by atoms with Crippen LogP contribution in [0.1, 0.15) is 0 Å². The van der Waals surface area contributed by atoms with E-state index in [1.54, 1.807) is 0 Å². The molecule has 0 unspecified atom stereocenters. The Kier molecular flexibility index (Phi) is 5.98. The zero-order chi connectivity index (χ0) is 16.0. The van der Waals surface area contributed by atoms with Gasteiger partial charge in [-0.25, -0.2) is 0 Å². The molecule has 0 aliphatic carbocycles. The van der Waals surface area contributed by atoms with Crippen LogP contribution in [0.3, 0.4) is 0 Å². The molecule has 7 heteroatoms. The first kappa shape index (κ1) is 17.0. The van der Waals surface area contributed by atoms with Crippen LogP contribution in [0.5, 0.6) is 0 Å². The van der Waals surface area contributed by atoms with Gasteiger partial charge < -0.3 is 0 Å². The second-order valence-corrected chi connectivity index (χ2v) is 7.21. The molecule has 3 N–H and O–H groups in total. The molecule has 0 fully saturated rings. The minimum absolute atomic E-state index is 1.30. The van der Waals surface area contributed by atoms with E-state index < -0.39 is 10.2 Å². The molecule has 0 aliphatic heterocycles. The first-order valence-electron chi connectivity index (χ1n) is 6.12. The van der Waals surface area contributed by atoms with Gasteiger partial charge in [0, 0.05) is 11.1 Å². The second-order valence-electron chi connectivity index (χ2n) is 4.16. The van der Waals surface area contributed by atoms with Gasteiger partial charge in [-0.15, -0.1) is 0 Å². The molecule has 0 saturated heterocycles. The van der Waals surface area contributed by atoms with Gasteiger partial charge in [-0.1, -0.05) is 48.5 Å². The molecule has 3 rings (SSSR count). The first-order chi connectivity index (χ1) is 10.4. The van der Waals surface area contributed by atoms with Crippen LogP contribution in [0, 0.1) is 10.2 Å². The fourth-order valence-corrected chi connectivity index (χ4v) is 3.96. The molecule has 2 aromatic carbocycles. The van der Waals surface area contributed by atoms with Gasteiger partial charge in [0.15, 0.2) is 4.88 Å². The van der Waals surface area contributed by atoms with Gasteiger partial charge in [0.2, 0.25) is 0 Å². The van der Waals surface area contributed by atoms with Crippen LogP contribution in [-0.2, 0) is 0 Å². The van der Waals surface area contributed by atoms with Crippen molar-refractivity contribution in [2.75, 3.05) is 0 Å². The Balaban J connectivity index is 0.000000309. The number of hydrogen-bond acceptors (Lipinski definition) is 5. The molecule has 22 heavy (non-hydrogen) atoms. The largest absolute Gasteiger partial charge is 0.285 e. The summed E-state index contributed by atoms with van der Waals surface area (Å²) in [5.74, 6) is 0. The van der Waals surface area contributed by atoms with E-state index in [1.807, 2.05) is 22.7 Å². The molecule has 1 heterocycles. The normalized spacial score (nSPS) is 11.5. The summed E-state index contributed by atoms with van der Waals surface area (Å²) in [5, 5.41) is 2.24. The monoisotopic (exact) mass is 357 g/mol. The third kappa shape index (κ3) is 5.78. The first-order valence-corrected chi connectivity index (χ1v) is 9.14. The van der Waals surface area contributed by atoms with Crippen molar-refractivity contribution in [1.82, 2.24) is 0 Å². The molecular formula is C15H14ClO4S2+. The number of hydrogen-bond donors (Lipinski definition) is 3. The molecule has 116 valence electrons. The Hall–Kier alpha value is -1.38. The fourth-order valence-electron chi connectivity index (χ4n) is 1.69. The van der Waals surface area contributed by atoms with Gasteiger partial charge in [-0.3, -0.25) is 0 Å². The van der Waals surface area contributed by atoms with E-state index in [1.165, 1.54) is 20.2 Å². The summed E-state index contributed by atoms with van der Waals surface area (Å²) in [4.78, 5) is 1.34. The van der Waals surface area contributed by atoms with E-state index in [0.717, 1.165) is 0 Å². The maximum Gasteiger partial charge on any atom is 0.285 e. The SMILES string of the molecule is [O-][Cl+](O)(O)O.c1ccc(-c2c[s+]c(-c3ccccc3)s2)cc1. The number of benzene rings is 2. The predicted molar refractivity (Wildman–Crippen MR) is 84.1 cm³/mol. The average Bonchev–Trinajstić information content (AvgIpc) is 2.97. The van der Waals surface area contributed by atoms with E-state index in [0.29, 0.717) is 0 Å². The van der Waals surface area contributed by atoms with Crippen LogP contribution in [0.4, 0.5) is 0 Å². The molecule has 0 amide bonds. The van der Waals surface area contributed by atoms with Crippen molar-refractivity contribution in [1.29, 1.82) is 0 Å². The van der Waals surface area contributed by atoms with Gasteiger partial charge in [0.25, 0.3) is 4.19 Å². The molecule has 0 bridgehead atoms. The molecule has 0 radical (unpaired) electrons. The maximum absolute atomic E-state index is 8.83. The van der Waals surface area contributed by atoms with Gasteiger partial charge in [0.05, 0.1) is 22.7 Å². The zero-order valence-electron chi connectivity index (χ0n) is 11.3. The van der Waals surface area contributed by atoms with Crippen molar-refractivity contribution in [3.05, 3.63) is 66.0 Å². The number of rotatable bonds is 2. The standard InChI is InChI=1S/C15H11S2.ClH3O4/c1-3-7-12(8-4-1)14-11-16-15(17-14)13-9-5-2-6-10-13;2-1(3,4)5/h1-11H;2-4H/q+1;. The number of halogens is 1. The minimum atomic E-state index is -4.19. The predicted octanol–water partition coefficient (Wildman–Crippen LogP) is 2.56. The van der Waals surface area contributed by atoms with Crippen molar-refractivity contribution >= 4 is 22.7 Å². The minimum Gasteiger partial charge on any atom is -0.0622 e. The van der Waals surface area contributed by atoms with Gasteiger partial charge >= 0.3 is 28.9 Å². The maximum atomic E-state index is 8.83. The van der Waals surface area contributed by atoms with Crippen molar-refractivity contribution in [2.45, 2.75) is 0 Å². The molecule has 3 aromatic rings. The Bertz CT molecular complexity index is 636. The quantitative estimate of drug-likeness (QED) is 0.615. The second kappa shape index (κ2) is 7.75. The van der Waals surface area contributed by atoms with Gasteiger partial charge in [-0.05, 0) is 12.1 Å². The van der Waals surface area contributed by atoms with Crippen molar-refractivity contribution in [3.8, 4) is 20.2 Å². The Morgan fingerprint density at radius 3 is 1.77 bits per heavy atom. The van der Waals surface area contributed by atoms with Crippen molar-refractivity contribution in [3.63, 3.8) is 0 Å². The smallest absolute Gasteiger partial charge is 0.0622 e. The summed E-state index contributed by atoms with van der Waals surface area (Å²) >= 11 is 3.67. The van der Waals surface area contributed by atoms with E-state index in [9.17, 15) is 0 Å². The van der Waals surface area contributed by atoms with E-state index in [4.69, 9.17) is 18.6 Å². The van der Waals surface area contributed by atoms with Crippen LogP contribution < -0.4 is 4.66 Å². The van der Waals surface area contributed by atoms with Gasteiger partial charge in [0.1, 0.15) is 5.38 Å². The van der Waals surface area contributed by atoms with Crippen LogP contribution in [0.25, 0.3) is 20.2 Å². The van der Waals surface area contributed by atoms with Crippen molar-refractivity contribution in [2.24, 2.45) is 0 Å². The van der Waals surface area contributed by atoms with E-state index in [2.05, 4.69) is 66.0 Å². The molecule has 4 nitrogen and oxygen atoms in total. The summed E-state index contributed by atoms with van der Waals surface area (Å²) < 4.78 is 31.6. The zero-order valence-corrected chi connectivity index (χ0v) is 13.7. The molecule has 0 saturated carbocycles. The average molecular weight is 358 g/mol. The summed E-state index contributed by atoms with van der Waals surface area (Å²) in [5.41, 5.74) is 2.61. The molecule has 0 aliphatic rings. The summed E-state index contributed by atoms with van der Waals surface area (Å²) in [6, 6.07) is 21.1. The van der Waals surface area contributed by atoms with Crippen LogP contribution in [0.2, 0.25) is 0 Å². The van der Waals surface area contributed by atoms with E-state index in [-0.39, 0.29) is 0 Å². The van der Waals surface area contributed by atoms with Crippen LogP contribution >= 0.6 is 22.7 Å². The molecular weight excluding hydrogens is 344 g/mol. The van der Waals surface area contributed by atoms with Crippen molar-refractivity contribution < 1.29 is 28.9 Å². The van der Waals surface area contributed by atoms with Crippen LogP contribution in [0.15, 0.2) is 66.0 Å². The molecule has 0 atom stereocenters. The Labute approximate surface area is 137 Å². The Morgan fingerprint density at radius 2 is 1.27 bits per heavy atom. The summed E-state index contributed by atoms with van der Waals surface area (Å²) in [6.07, 6.45) is 0. The third-order valence-electron chi connectivity index (χ3n) is 2.54. The van der Waals surface area contributed by atoms with E-state index >= 15 is 0 Å². The van der Waals surface area contributed by atoms with Crippen LogP contribution in [-0.4, -0.2) is 14.0 Å². The summed E-state index contributed by atoms with van der Waals surface area (Å²) in [7, 11) is -4.19. The summed E-state index contributed by atoms with van der Waals surface area (Å²) in [6.45, 7) is 0.